The fourth-order valence-corrected chi connectivity index (χ4v) is 6.60. The Hall–Kier alpha value is -4.96. The molecule has 0 aliphatic heterocycles. The van der Waals surface area contributed by atoms with Crippen molar-refractivity contribution in [2.45, 2.75) is 6.42 Å². The summed E-state index contributed by atoms with van der Waals surface area (Å²) in [6.45, 7) is 0. The first kappa shape index (κ1) is 19.3. The minimum Gasteiger partial charge on any atom is -0.309 e. The van der Waals surface area contributed by atoms with Crippen LogP contribution in [0.25, 0.3) is 65.9 Å². The maximum atomic E-state index is 4.87. The van der Waals surface area contributed by atoms with Gasteiger partial charge in [-0.15, -0.1) is 0 Å². The molecule has 37 heavy (non-hydrogen) atoms. The van der Waals surface area contributed by atoms with Gasteiger partial charge in [-0.2, -0.15) is 0 Å². The van der Waals surface area contributed by atoms with Crippen LogP contribution in [0.4, 0.5) is 0 Å². The van der Waals surface area contributed by atoms with Crippen molar-refractivity contribution < 1.29 is 0 Å². The van der Waals surface area contributed by atoms with Crippen LogP contribution < -0.4 is 0 Å². The molecule has 9 rings (SSSR count). The van der Waals surface area contributed by atoms with Gasteiger partial charge < -0.3 is 4.57 Å². The molecule has 0 unspecified atom stereocenters. The van der Waals surface area contributed by atoms with Crippen molar-refractivity contribution in [2.75, 3.05) is 0 Å². The summed E-state index contributed by atoms with van der Waals surface area (Å²) in [5, 5.41) is 6.09. The van der Waals surface area contributed by atoms with Gasteiger partial charge in [0, 0.05) is 51.4 Å². The van der Waals surface area contributed by atoms with Gasteiger partial charge in [0.25, 0.3) is 0 Å². The summed E-state index contributed by atoms with van der Waals surface area (Å²) in [5.74, 6) is 0. The van der Waals surface area contributed by atoms with E-state index in [4.69, 9.17) is 4.98 Å². The molecule has 4 heteroatoms. The lowest BCUT2D eigenvalue weighted by molar-refractivity contribution is 1.18. The van der Waals surface area contributed by atoms with Crippen LogP contribution in [0.5, 0.6) is 0 Å². The number of imidazole rings is 1. The molecular formula is C33H20N4. The zero-order chi connectivity index (χ0) is 24.1. The van der Waals surface area contributed by atoms with E-state index < -0.39 is 0 Å². The molecule has 0 radical (unpaired) electrons. The average molecular weight is 473 g/mol. The Labute approximate surface area is 212 Å². The minimum atomic E-state index is 0.967. The second kappa shape index (κ2) is 6.83. The lowest BCUT2D eigenvalue weighted by Gasteiger charge is -2.12. The second-order valence-electron chi connectivity index (χ2n) is 9.90. The summed E-state index contributed by atoms with van der Waals surface area (Å²) in [6.07, 6.45) is 8.73. The Morgan fingerprint density at radius 1 is 0.649 bits per heavy atom. The molecule has 0 atom stereocenters. The van der Waals surface area contributed by atoms with Crippen LogP contribution in [0, 0.1) is 0 Å². The van der Waals surface area contributed by atoms with Gasteiger partial charge in [0.15, 0.2) is 0 Å². The van der Waals surface area contributed by atoms with Gasteiger partial charge >= 0.3 is 0 Å². The molecule has 172 valence electrons. The van der Waals surface area contributed by atoms with Crippen molar-refractivity contribution in [3.63, 3.8) is 0 Å². The van der Waals surface area contributed by atoms with Gasteiger partial charge in [0.2, 0.25) is 0 Å². The number of benzene rings is 4. The predicted octanol–water partition coefficient (Wildman–Crippen LogP) is 7.70. The first-order chi connectivity index (χ1) is 18.4. The Morgan fingerprint density at radius 3 is 2.46 bits per heavy atom. The fraction of sp³-hybridized carbons (Fsp3) is 0.0303. The largest absolute Gasteiger partial charge is 0.309 e. The normalized spacial score (nSPS) is 12.8. The molecule has 4 heterocycles. The lowest BCUT2D eigenvalue weighted by Crippen LogP contribution is -1.96. The zero-order valence-corrected chi connectivity index (χ0v) is 19.9. The number of rotatable bonds is 1. The second-order valence-corrected chi connectivity index (χ2v) is 9.90. The van der Waals surface area contributed by atoms with Gasteiger partial charge in [-0.05, 0) is 52.8 Å². The van der Waals surface area contributed by atoms with E-state index in [0.29, 0.717) is 0 Å². The third-order valence-electron chi connectivity index (χ3n) is 8.08. The Bertz CT molecular complexity index is 2220. The highest BCUT2D eigenvalue weighted by Gasteiger charge is 2.26. The number of fused-ring (bicyclic) bond motifs is 14. The number of nitrogens with zero attached hydrogens (tertiary/aromatic N) is 4. The van der Waals surface area contributed by atoms with Crippen molar-refractivity contribution >= 4 is 49.1 Å². The van der Waals surface area contributed by atoms with E-state index >= 15 is 0 Å². The Kier molecular flexibility index (Phi) is 3.55. The maximum absolute atomic E-state index is 4.87. The van der Waals surface area contributed by atoms with Crippen LogP contribution in [-0.2, 0) is 6.42 Å². The summed E-state index contributed by atoms with van der Waals surface area (Å²) in [7, 11) is 0. The zero-order valence-electron chi connectivity index (χ0n) is 19.9. The molecule has 4 aromatic carbocycles. The number of hydrogen-bond donors (Lipinski definition) is 0. The van der Waals surface area contributed by atoms with Crippen LogP contribution in [0.3, 0.4) is 0 Å². The van der Waals surface area contributed by atoms with Crippen molar-refractivity contribution in [3.05, 3.63) is 121 Å². The number of hydrogen-bond acceptors (Lipinski definition) is 2. The minimum absolute atomic E-state index is 0.967. The molecule has 1 aliphatic carbocycles. The molecule has 0 N–H and O–H groups in total. The van der Waals surface area contributed by atoms with Crippen molar-refractivity contribution in [1.82, 2.24) is 18.9 Å². The number of pyridine rings is 2. The highest BCUT2D eigenvalue weighted by Crippen LogP contribution is 2.47. The monoisotopic (exact) mass is 472 g/mol. The van der Waals surface area contributed by atoms with E-state index in [2.05, 4.69) is 98.9 Å². The molecular weight excluding hydrogens is 452 g/mol. The summed E-state index contributed by atoms with van der Waals surface area (Å²) in [5.41, 5.74) is 11.2. The van der Waals surface area contributed by atoms with E-state index in [9.17, 15) is 0 Å². The molecule has 0 bridgehead atoms. The molecule has 4 aromatic heterocycles. The molecule has 8 aromatic rings. The van der Waals surface area contributed by atoms with Crippen molar-refractivity contribution in [1.29, 1.82) is 0 Å². The Morgan fingerprint density at radius 2 is 1.51 bits per heavy atom. The van der Waals surface area contributed by atoms with Crippen LogP contribution in [0.2, 0.25) is 0 Å². The third-order valence-corrected chi connectivity index (χ3v) is 8.08. The third kappa shape index (κ3) is 2.37. The van der Waals surface area contributed by atoms with Crippen LogP contribution in [-0.4, -0.2) is 18.9 Å². The van der Waals surface area contributed by atoms with Crippen LogP contribution in [0.1, 0.15) is 11.1 Å². The number of para-hydroxylation sites is 1. The quantitative estimate of drug-likeness (QED) is 0.229. The summed E-state index contributed by atoms with van der Waals surface area (Å²) in [4.78, 5) is 9.28. The maximum Gasteiger partial charge on any atom is 0.145 e. The van der Waals surface area contributed by atoms with Gasteiger partial charge in [0.05, 0.1) is 22.7 Å². The van der Waals surface area contributed by atoms with Crippen LogP contribution in [0.15, 0.2) is 110 Å². The Balaban J connectivity index is 1.59. The molecule has 1 aliphatic rings. The molecule has 0 saturated heterocycles. The smallest absolute Gasteiger partial charge is 0.145 e. The first-order valence-electron chi connectivity index (χ1n) is 12.6. The van der Waals surface area contributed by atoms with Crippen LogP contribution >= 0.6 is 0 Å². The molecule has 0 spiro atoms. The van der Waals surface area contributed by atoms with Gasteiger partial charge in [-0.1, -0.05) is 60.7 Å². The van der Waals surface area contributed by atoms with E-state index in [-0.39, 0.29) is 0 Å². The molecule has 0 saturated carbocycles. The average Bonchev–Trinajstić information content (AvgIpc) is 3.67. The SMILES string of the molecule is c1ccc(-n2c3ccc4c5ccncc5n5ccnc5c4c3c3ccc4c(c32)-c2ccccc2C4)cc1. The van der Waals surface area contributed by atoms with E-state index in [1.54, 1.807) is 0 Å². The summed E-state index contributed by atoms with van der Waals surface area (Å²) >= 11 is 0. The topological polar surface area (TPSA) is 35.1 Å². The van der Waals surface area contributed by atoms with E-state index in [1.807, 2.05) is 24.8 Å². The standard InChI is InChI=1S/C33H20N4/c1-2-7-22(8-3-1)37-27-13-12-25-24-14-15-34-19-28(24)36-17-16-35-33(36)31(25)30(27)26-11-10-21-18-20-6-4-5-9-23(20)29(21)32(26)37/h1-17,19H,18H2. The molecule has 0 fully saturated rings. The van der Waals surface area contributed by atoms with Crippen molar-refractivity contribution in [2.24, 2.45) is 0 Å². The highest BCUT2D eigenvalue weighted by atomic mass is 15.0. The van der Waals surface area contributed by atoms with Crippen molar-refractivity contribution in [3.8, 4) is 16.8 Å². The predicted molar refractivity (Wildman–Crippen MR) is 151 cm³/mol. The van der Waals surface area contributed by atoms with Gasteiger partial charge in [0.1, 0.15) is 5.65 Å². The molecule has 0 amide bonds. The van der Waals surface area contributed by atoms with E-state index in [0.717, 1.165) is 17.6 Å². The summed E-state index contributed by atoms with van der Waals surface area (Å²) in [6, 6.07) is 30.9. The first-order valence-corrected chi connectivity index (χ1v) is 12.6. The summed E-state index contributed by atoms with van der Waals surface area (Å²) < 4.78 is 4.64. The van der Waals surface area contributed by atoms with E-state index in [1.165, 1.54) is 65.9 Å². The fourth-order valence-electron chi connectivity index (χ4n) is 6.60. The lowest BCUT2D eigenvalue weighted by atomic mass is 9.99. The van der Waals surface area contributed by atoms with Gasteiger partial charge in [-0.3, -0.25) is 9.38 Å². The molecule has 4 nitrogen and oxygen atoms in total. The number of aromatic nitrogens is 4. The van der Waals surface area contributed by atoms with Gasteiger partial charge in [-0.25, -0.2) is 4.98 Å². The highest BCUT2D eigenvalue weighted by molar-refractivity contribution is 6.30.